The molecule has 32 heavy (non-hydrogen) atoms. The van der Waals surface area contributed by atoms with Crippen molar-refractivity contribution in [3.05, 3.63) is 59.2 Å². The summed E-state index contributed by atoms with van der Waals surface area (Å²) in [6.07, 6.45) is 0.982. The predicted molar refractivity (Wildman–Crippen MR) is 114 cm³/mol. The fraction of sp³-hybridized carbons (Fsp3) is 0.417. The molecule has 1 fully saturated rings. The molecule has 1 saturated heterocycles. The SMILES string of the molecule is CC(C)(CNC(=O)C1CCN(C(=O)c2ccc(F)cc2F)CC1)c1ccc2c(c1)OCO2. The third-order valence-corrected chi connectivity index (χ3v) is 6.17. The van der Waals surface area contributed by atoms with Crippen molar-refractivity contribution in [3.63, 3.8) is 0 Å². The Morgan fingerprint density at radius 1 is 1.06 bits per heavy atom. The van der Waals surface area contributed by atoms with Crippen LogP contribution >= 0.6 is 0 Å². The average molecular weight is 444 g/mol. The number of rotatable bonds is 5. The van der Waals surface area contributed by atoms with Gasteiger partial charge in [0, 0.05) is 37.0 Å². The van der Waals surface area contributed by atoms with E-state index < -0.39 is 17.5 Å². The van der Waals surface area contributed by atoms with Gasteiger partial charge in [-0.1, -0.05) is 19.9 Å². The van der Waals surface area contributed by atoms with Gasteiger partial charge >= 0.3 is 0 Å². The number of likely N-dealkylation sites (tertiary alicyclic amines) is 1. The molecule has 0 spiro atoms. The molecule has 1 N–H and O–H groups in total. The van der Waals surface area contributed by atoms with Gasteiger partial charge in [-0.15, -0.1) is 0 Å². The number of hydrogen-bond acceptors (Lipinski definition) is 4. The van der Waals surface area contributed by atoms with E-state index in [0.717, 1.165) is 23.4 Å². The number of benzene rings is 2. The summed E-state index contributed by atoms with van der Waals surface area (Å²) in [4.78, 5) is 26.8. The highest BCUT2D eigenvalue weighted by Gasteiger charge is 2.30. The van der Waals surface area contributed by atoms with Crippen molar-refractivity contribution in [3.8, 4) is 11.5 Å². The van der Waals surface area contributed by atoms with Crippen molar-refractivity contribution in [2.75, 3.05) is 26.4 Å². The van der Waals surface area contributed by atoms with E-state index in [-0.39, 0.29) is 29.6 Å². The van der Waals surface area contributed by atoms with Gasteiger partial charge in [-0.3, -0.25) is 9.59 Å². The maximum atomic E-state index is 13.9. The number of carbonyl (C=O) groups is 2. The summed E-state index contributed by atoms with van der Waals surface area (Å²) in [5.41, 5.74) is 0.566. The lowest BCUT2D eigenvalue weighted by Crippen LogP contribution is -2.45. The number of piperidine rings is 1. The van der Waals surface area contributed by atoms with Crippen LogP contribution in [-0.2, 0) is 10.2 Å². The molecule has 0 radical (unpaired) electrons. The quantitative estimate of drug-likeness (QED) is 0.765. The van der Waals surface area contributed by atoms with Gasteiger partial charge in [-0.05, 0) is 42.7 Å². The van der Waals surface area contributed by atoms with E-state index in [0.29, 0.717) is 44.3 Å². The summed E-state index contributed by atoms with van der Waals surface area (Å²) in [6.45, 7) is 5.45. The average Bonchev–Trinajstić information content (AvgIpc) is 3.25. The number of ether oxygens (including phenoxy) is 2. The molecule has 2 aromatic rings. The van der Waals surface area contributed by atoms with Crippen LogP contribution in [0.5, 0.6) is 11.5 Å². The second-order valence-corrected chi connectivity index (χ2v) is 8.86. The van der Waals surface area contributed by atoms with Crippen LogP contribution in [0.3, 0.4) is 0 Å². The highest BCUT2D eigenvalue weighted by atomic mass is 19.1. The Labute approximate surface area is 185 Å². The molecule has 0 saturated carbocycles. The van der Waals surface area contributed by atoms with Crippen LogP contribution in [0.15, 0.2) is 36.4 Å². The minimum absolute atomic E-state index is 0.0566. The Hall–Kier alpha value is -3.16. The molecule has 2 aromatic carbocycles. The number of nitrogens with one attached hydrogen (secondary N) is 1. The summed E-state index contributed by atoms with van der Waals surface area (Å²) in [6, 6.07) is 8.71. The van der Waals surface area contributed by atoms with E-state index in [1.54, 1.807) is 0 Å². The Morgan fingerprint density at radius 3 is 2.50 bits per heavy atom. The Balaban J connectivity index is 1.30. The third kappa shape index (κ3) is 4.54. The lowest BCUT2D eigenvalue weighted by Gasteiger charge is -2.32. The van der Waals surface area contributed by atoms with Crippen molar-refractivity contribution < 1.29 is 27.8 Å². The zero-order chi connectivity index (χ0) is 22.9. The first-order valence-electron chi connectivity index (χ1n) is 10.7. The van der Waals surface area contributed by atoms with E-state index in [1.165, 1.54) is 4.90 Å². The standard InChI is InChI=1S/C24H26F2N2O4/c1-24(2,16-3-6-20-21(11-16)32-14-31-20)13-27-22(29)15-7-9-28(10-8-15)23(30)18-5-4-17(25)12-19(18)26/h3-6,11-12,15H,7-10,13-14H2,1-2H3,(H,27,29). The fourth-order valence-corrected chi connectivity index (χ4v) is 4.05. The van der Waals surface area contributed by atoms with Crippen molar-refractivity contribution in [1.82, 2.24) is 10.2 Å². The molecule has 0 atom stereocenters. The van der Waals surface area contributed by atoms with Crippen molar-refractivity contribution >= 4 is 11.8 Å². The molecule has 0 aliphatic carbocycles. The minimum Gasteiger partial charge on any atom is -0.454 e. The minimum atomic E-state index is -0.874. The molecule has 0 bridgehead atoms. The van der Waals surface area contributed by atoms with Gasteiger partial charge in [-0.25, -0.2) is 8.78 Å². The van der Waals surface area contributed by atoms with Crippen LogP contribution in [0.1, 0.15) is 42.6 Å². The molecule has 4 rings (SSSR count). The van der Waals surface area contributed by atoms with Gasteiger partial charge in [0.2, 0.25) is 12.7 Å². The first-order chi connectivity index (χ1) is 15.2. The lowest BCUT2D eigenvalue weighted by molar-refractivity contribution is -0.126. The topological polar surface area (TPSA) is 67.9 Å². The maximum absolute atomic E-state index is 13.9. The predicted octanol–water partition coefficient (Wildman–Crippen LogP) is 3.64. The van der Waals surface area contributed by atoms with E-state index in [2.05, 4.69) is 5.32 Å². The molecular formula is C24H26F2N2O4. The molecular weight excluding hydrogens is 418 g/mol. The van der Waals surface area contributed by atoms with Gasteiger partial charge in [0.05, 0.1) is 5.56 Å². The van der Waals surface area contributed by atoms with Crippen LogP contribution in [0.2, 0.25) is 0 Å². The first kappa shape index (κ1) is 22.0. The van der Waals surface area contributed by atoms with Crippen molar-refractivity contribution in [2.24, 2.45) is 5.92 Å². The Kier molecular flexibility index (Phi) is 6.04. The monoisotopic (exact) mass is 444 g/mol. The van der Waals surface area contributed by atoms with Gasteiger partial charge in [0.1, 0.15) is 11.6 Å². The molecule has 0 aromatic heterocycles. The third-order valence-electron chi connectivity index (χ3n) is 6.17. The second-order valence-electron chi connectivity index (χ2n) is 8.86. The van der Waals surface area contributed by atoms with Crippen LogP contribution in [0.25, 0.3) is 0 Å². The lowest BCUT2D eigenvalue weighted by atomic mass is 9.84. The zero-order valence-electron chi connectivity index (χ0n) is 18.1. The normalized spacial score (nSPS) is 16.2. The van der Waals surface area contributed by atoms with E-state index in [4.69, 9.17) is 9.47 Å². The molecule has 2 heterocycles. The van der Waals surface area contributed by atoms with Gasteiger partial charge < -0.3 is 19.7 Å². The van der Waals surface area contributed by atoms with Crippen LogP contribution in [0, 0.1) is 17.6 Å². The first-order valence-corrected chi connectivity index (χ1v) is 10.7. The van der Waals surface area contributed by atoms with E-state index in [1.807, 2.05) is 32.0 Å². The number of halogens is 2. The molecule has 2 amide bonds. The summed E-state index contributed by atoms with van der Waals surface area (Å²) in [7, 11) is 0. The van der Waals surface area contributed by atoms with E-state index in [9.17, 15) is 18.4 Å². The number of amides is 2. The van der Waals surface area contributed by atoms with Crippen LogP contribution in [-0.4, -0.2) is 43.1 Å². The second kappa shape index (κ2) is 8.76. The number of fused-ring (bicyclic) bond motifs is 1. The highest BCUT2D eigenvalue weighted by molar-refractivity contribution is 5.94. The summed E-state index contributed by atoms with van der Waals surface area (Å²) in [5.74, 6) is -0.931. The largest absolute Gasteiger partial charge is 0.454 e. The Morgan fingerprint density at radius 2 is 1.78 bits per heavy atom. The van der Waals surface area contributed by atoms with Crippen molar-refractivity contribution in [2.45, 2.75) is 32.1 Å². The molecule has 0 unspecified atom stereocenters. The molecule has 2 aliphatic rings. The number of carbonyl (C=O) groups excluding carboxylic acids is 2. The van der Waals surface area contributed by atoms with Gasteiger partial charge in [-0.2, -0.15) is 0 Å². The van der Waals surface area contributed by atoms with Crippen molar-refractivity contribution in [1.29, 1.82) is 0 Å². The molecule has 170 valence electrons. The van der Waals surface area contributed by atoms with Crippen LogP contribution in [0.4, 0.5) is 8.78 Å². The fourth-order valence-electron chi connectivity index (χ4n) is 4.05. The van der Waals surface area contributed by atoms with Crippen LogP contribution < -0.4 is 14.8 Å². The van der Waals surface area contributed by atoms with Gasteiger partial charge in [0.15, 0.2) is 11.5 Å². The highest BCUT2D eigenvalue weighted by Crippen LogP contribution is 2.36. The molecule has 8 heteroatoms. The summed E-state index contributed by atoms with van der Waals surface area (Å²) in [5, 5.41) is 3.03. The molecule has 6 nitrogen and oxygen atoms in total. The number of hydrogen-bond donors (Lipinski definition) is 1. The van der Waals surface area contributed by atoms with E-state index >= 15 is 0 Å². The summed E-state index contributed by atoms with van der Waals surface area (Å²) < 4.78 is 37.8. The summed E-state index contributed by atoms with van der Waals surface area (Å²) >= 11 is 0. The Bertz CT molecular complexity index is 1030. The maximum Gasteiger partial charge on any atom is 0.256 e. The molecule has 2 aliphatic heterocycles. The smallest absolute Gasteiger partial charge is 0.256 e. The van der Waals surface area contributed by atoms with Gasteiger partial charge in [0.25, 0.3) is 5.91 Å². The number of nitrogens with zero attached hydrogens (tertiary/aromatic N) is 1. The zero-order valence-corrected chi connectivity index (χ0v) is 18.1.